The van der Waals surface area contributed by atoms with Crippen LogP contribution >= 0.6 is 0 Å². The molecule has 2 heterocycles. The molecule has 0 radical (unpaired) electrons. The Kier molecular flexibility index (Phi) is 5.42. The van der Waals surface area contributed by atoms with Crippen LogP contribution in [0.25, 0.3) is 10.9 Å². The summed E-state index contributed by atoms with van der Waals surface area (Å²) >= 11 is 0. The van der Waals surface area contributed by atoms with Crippen LogP contribution in [0.1, 0.15) is 26.3 Å². The second kappa shape index (κ2) is 8.68. The maximum absolute atomic E-state index is 13.1. The minimum atomic E-state index is -0.307. The summed E-state index contributed by atoms with van der Waals surface area (Å²) in [5.41, 5.74) is 5.93. The van der Waals surface area contributed by atoms with Crippen LogP contribution in [0.5, 0.6) is 11.5 Å². The molecule has 3 aromatic carbocycles. The van der Waals surface area contributed by atoms with Gasteiger partial charge in [0.25, 0.3) is 11.8 Å². The number of amides is 2. The van der Waals surface area contributed by atoms with Crippen molar-refractivity contribution in [3.8, 4) is 11.5 Å². The fraction of sp³-hybridized carbons (Fsp3) is 0.120. The number of aromatic nitrogens is 1. The molecule has 2 amide bonds. The van der Waals surface area contributed by atoms with Gasteiger partial charge >= 0.3 is 0 Å². The van der Waals surface area contributed by atoms with Gasteiger partial charge in [-0.3, -0.25) is 14.4 Å². The minimum absolute atomic E-state index is 0.179. The number of nitrogens with one attached hydrogen (secondary N) is 2. The van der Waals surface area contributed by atoms with Gasteiger partial charge in [-0.05, 0) is 35.9 Å². The topological polar surface area (TPSA) is 90.8 Å². The van der Waals surface area contributed by atoms with E-state index in [0.717, 1.165) is 16.5 Å². The number of ether oxygens (including phenoxy) is 2. The highest BCUT2D eigenvalue weighted by molar-refractivity contribution is 6.13. The van der Waals surface area contributed by atoms with Crippen molar-refractivity contribution in [1.29, 1.82) is 0 Å². The number of hydroxylamine groups is 1. The first-order chi connectivity index (χ1) is 16.1. The van der Waals surface area contributed by atoms with Crippen LogP contribution in [0, 0.1) is 0 Å². The third kappa shape index (κ3) is 4.11. The minimum Gasteiger partial charge on any atom is -0.454 e. The van der Waals surface area contributed by atoms with Gasteiger partial charge in [-0.25, -0.2) is 5.48 Å². The van der Waals surface area contributed by atoms with Gasteiger partial charge in [-0.2, -0.15) is 0 Å². The Bertz CT molecular complexity index is 1340. The third-order valence-electron chi connectivity index (χ3n) is 5.43. The molecule has 0 fully saturated rings. The Morgan fingerprint density at radius 1 is 0.970 bits per heavy atom. The van der Waals surface area contributed by atoms with Gasteiger partial charge in [0.1, 0.15) is 0 Å². The van der Waals surface area contributed by atoms with Crippen molar-refractivity contribution in [1.82, 2.24) is 10.0 Å². The molecule has 0 saturated heterocycles. The van der Waals surface area contributed by atoms with Crippen molar-refractivity contribution in [2.75, 3.05) is 19.2 Å². The van der Waals surface area contributed by atoms with Crippen molar-refractivity contribution < 1.29 is 23.9 Å². The molecule has 8 heteroatoms. The Morgan fingerprint density at radius 2 is 1.76 bits per heavy atom. The SMILES string of the molecule is CONC(=O)c1ccc(Cn2cc(C(=O)Nc3ccc4c(c3)OCO4)c3ccccc32)cc1. The number of carbonyl (C=O) groups is 2. The van der Waals surface area contributed by atoms with Crippen LogP contribution in [-0.2, 0) is 11.4 Å². The lowest BCUT2D eigenvalue weighted by Crippen LogP contribution is -2.21. The average molecular weight is 443 g/mol. The van der Waals surface area contributed by atoms with Crippen molar-refractivity contribution in [2.24, 2.45) is 0 Å². The fourth-order valence-corrected chi connectivity index (χ4v) is 3.84. The smallest absolute Gasteiger partial charge is 0.274 e. The van der Waals surface area contributed by atoms with Crippen LogP contribution in [0.15, 0.2) is 72.9 Å². The molecule has 4 aromatic rings. The van der Waals surface area contributed by atoms with Crippen molar-refractivity contribution in [2.45, 2.75) is 6.54 Å². The van der Waals surface area contributed by atoms with Crippen LogP contribution in [0.3, 0.4) is 0 Å². The molecule has 0 saturated carbocycles. The average Bonchev–Trinajstić information content (AvgIpc) is 3.44. The summed E-state index contributed by atoms with van der Waals surface area (Å²) in [5.74, 6) is 0.751. The molecule has 8 nitrogen and oxygen atoms in total. The quantitative estimate of drug-likeness (QED) is 0.440. The van der Waals surface area contributed by atoms with Gasteiger partial charge in [0, 0.05) is 41.0 Å². The molecule has 2 N–H and O–H groups in total. The highest BCUT2D eigenvalue weighted by Gasteiger charge is 2.18. The predicted molar refractivity (Wildman–Crippen MR) is 122 cm³/mol. The number of para-hydroxylation sites is 1. The molecule has 0 bridgehead atoms. The summed E-state index contributed by atoms with van der Waals surface area (Å²) in [6.07, 6.45) is 1.85. The molecular weight excluding hydrogens is 422 g/mol. The highest BCUT2D eigenvalue weighted by Crippen LogP contribution is 2.34. The van der Waals surface area contributed by atoms with Gasteiger partial charge in [-0.1, -0.05) is 30.3 Å². The van der Waals surface area contributed by atoms with Gasteiger partial charge in [-0.15, -0.1) is 0 Å². The number of benzene rings is 3. The van der Waals surface area contributed by atoms with Gasteiger partial charge in [0.15, 0.2) is 11.5 Å². The Morgan fingerprint density at radius 3 is 2.58 bits per heavy atom. The fourth-order valence-electron chi connectivity index (χ4n) is 3.84. The molecule has 166 valence electrons. The van der Waals surface area contributed by atoms with E-state index in [4.69, 9.17) is 9.47 Å². The summed E-state index contributed by atoms with van der Waals surface area (Å²) < 4.78 is 12.7. The monoisotopic (exact) mass is 443 g/mol. The summed E-state index contributed by atoms with van der Waals surface area (Å²) in [5, 5.41) is 3.80. The van der Waals surface area contributed by atoms with Crippen molar-refractivity contribution >= 4 is 28.4 Å². The Hall–Kier alpha value is -4.30. The van der Waals surface area contributed by atoms with Crippen molar-refractivity contribution in [3.63, 3.8) is 0 Å². The Labute approximate surface area is 189 Å². The number of nitrogens with zero attached hydrogens (tertiary/aromatic N) is 1. The van der Waals surface area contributed by atoms with E-state index < -0.39 is 0 Å². The highest BCUT2D eigenvalue weighted by atomic mass is 16.7. The number of rotatable bonds is 6. The number of carbonyl (C=O) groups excluding carboxylic acids is 2. The molecular formula is C25H21N3O5. The molecule has 0 atom stereocenters. The van der Waals surface area contributed by atoms with Crippen molar-refractivity contribution in [3.05, 3.63) is 89.6 Å². The summed E-state index contributed by atoms with van der Waals surface area (Å²) in [6, 6.07) is 20.3. The maximum Gasteiger partial charge on any atom is 0.274 e. The van der Waals surface area contributed by atoms with Gasteiger partial charge in [0.05, 0.1) is 12.7 Å². The molecule has 0 unspecified atom stereocenters. The molecule has 0 aliphatic carbocycles. The van der Waals surface area contributed by atoms with Crippen LogP contribution in [0.4, 0.5) is 5.69 Å². The van der Waals surface area contributed by atoms with E-state index in [1.165, 1.54) is 7.11 Å². The number of fused-ring (bicyclic) bond motifs is 2. The van der Waals surface area contributed by atoms with E-state index in [1.54, 1.807) is 30.3 Å². The molecule has 33 heavy (non-hydrogen) atoms. The van der Waals surface area contributed by atoms with Gasteiger partial charge < -0.3 is 19.4 Å². The number of anilines is 1. The van der Waals surface area contributed by atoms with E-state index in [2.05, 4.69) is 15.6 Å². The third-order valence-corrected chi connectivity index (χ3v) is 5.43. The summed E-state index contributed by atoms with van der Waals surface area (Å²) in [7, 11) is 1.39. The number of hydrogen-bond acceptors (Lipinski definition) is 5. The van der Waals surface area contributed by atoms with E-state index in [0.29, 0.717) is 34.9 Å². The largest absolute Gasteiger partial charge is 0.454 e. The molecule has 0 spiro atoms. The second-order valence-corrected chi connectivity index (χ2v) is 7.54. The lowest BCUT2D eigenvalue weighted by Gasteiger charge is -2.07. The maximum atomic E-state index is 13.1. The van der Waals surface area contributed by atoms with E-state index in [9.17, 15) is 9.59 Å². The van der Waals surface area contributed by atoms with Crippen LogP contribution in [0.2, 0.25) is 0 Å². The zero-order valence-electron chi connectivity index (χ0n) is 17.8. The predicted octanol–water partition coefficient (Wildman–Crippen LogP) is 3.96. The second-order valence-electron chi connectivity index (χ2n) is 7.54. The standard InChI is InChI=1S/C25H21N3O5/c1-31-27-24(29)17-8-6-16(7-9-17)13-28-14-20(19-4-2-3-5-21(19)28)25(30)26-18-10-11-22-23(12-18)33-15-32-22/h2-12,14H,13,15H2,1H3,(H,26,30)(H,27,29). The Balaban J connectivity index is 1.40. The number of hydrogen-bond donors (Lipinski definition) is 2. The van der Waals surface area contributed by atoms with Crippen LogP contribution < -0.4 is 20.3 Å². The normalized spacial score (nSPS) is 12.0. The molecule has 1 aliphatic rings. The van der Waals surface area contributed by atoms with Gasteiger partial charge in [0.2, 0.25) is 6.79 Å². The molecule has 5 rings (SSSR count). The van der Waals surface area contributed by atoms with E-state index in [-0.39, 0.29) is 18.6 Å². The first kappa shape index (κ1) is 20.6. The molecule has 1 aliphatic heterocycles. The first-order valence-electron chi connectivity index (χ1n) is 10.3. The zero-order chi connectivity index (χ0) is 22.8. The molecule has 1 aromatic heterocycles. The lowest BCUT2D eigenvalue weighted by atomic mass is 10.1. The zero-order valence-corrected chi connectivity index (χ0v) is 17.8. The van der Waals surface area contributed by atoms with Crippen LogP contribution in [-0.4, -0.2) is 30.3 Å². The first-order valence-corrected chi connectivity index (χ1v) is 10.3. The summed E-state index contributed by atoms with van der Waals surface area (Å²) in [4.78, 5) is 29.7. The summed E-state index contributed by atoms with van der Waals surface area (Å²) in [6.45, 7) is 0.724. The van der Waals surface area contributed by atoms with E-state index >= 15 is 0 Å². The lowest BCUT2D eigenvalue weighted by molar-refractivity contribution is 0.0537. The van der Waals surface area contributed by atoms with E-state index in [1.807, 2.05) is 47.2 Å².